The van der Waals surface area contributed by atoms with Gasteiger partial charge in [-0.2, -0.15) is 0 Å². The molecule has 6 nitrogen and oxygen atoms in total. The first-order valence-electron chi connectivity index (χ1n) is 10.3. The van der Waals surface area contributed by atoms with Crippen molar-refractivity contribution in [3.05, 3.63) is 64.8 Å². The summed E-state index contributed by atoms with van der Waals surface area (Å²) in [4.78, 5) is 30.0. The van der Waals surface area contributed by atoms with Crippen LogP contribution in [0.2, 0.25) is 5.02 Å². The molecule has 0 aliphatic carbocycles. The van der Waals surface area contributed by atoms with Crippen molar-refractivity contribution in [1.82, 2.24) is 9.88 Å². The van der Waals surface area contributed by atoms with Crippen molar-refractivity contribution in [3.63, 3.8) is 0 Å². The van der Waals surface area contributed by atoms with Crippen molar-refractivity contribution in [1.29, 1.82) is 0 Å². The predicted molar refractivity (Wildman–Crippen MR) is 124 cm³/mol. The van der Waals surface area contributed by atoms with Gasteiger partial charge in [0.1, 0.15) is 5.60 Å². The zero-order valence-electron chi connectivity index (χ0n) is 18.3. The fourth-order valence-corrected chi connectivity index (χ4v) is 3.46. The quantitative estimate of drug-likeness (QED) is 0.510. The number of para-hydroxylation sites is 1. The maximum absolute atomic E-state index is 12.8. The predicted octanol–water partition coefficient (Wildman–Crippen LogP) is 5.76. The number of amides is 2. The van der Waals surface area contributed by atoms with Crippen LogP contribution in [0.15, 0.2) is 48.7 Å². The molecule has 31 heavy (non-hydrogen) atoms. The van der Waals surface area contributed by atoms with E-state index in [1.807, 2.05) is 76.4 Å². The van der Waals surface area contributed by atoms with Crippen LogP contribution in [-0.2, 0) is 22.5 Å². The summed E-state index contributed by atoms with van der Waals surface area (Å²) in [6.45, 7) is 8.25. The summed E-state index contributed by atoms with van der Waals surface area (Å²) >= 11 is 6.03. The number of rotatable bonds is 6. The van der Waals surface area contributed by atoms with Gasteiger partial charge in [-0.3, -0.25) is 4.79 Å². The number of H-pyrrole nitrogens is 1. The van der Waals surface area contributed by atoms with Gasteiger partial charge in [0.2, 0.25) is 5.91 Å². The van der Waals surface area contributed by atoms with E-state index in [0.29, 0.717) is 23.8 Å². The zero-order chi connectivity index (χ0) is 22.6. The Labute approximate surface area is 187 Å². The molecular formula is C24H28ClN3O3. The lowest BCUT2D eigenvalue weighted by Crippen LogP contribution is -2.36. The van der Waals surface area contributed by atoms with Crippen molar-refractivity contribution in [2.75, 3.05) is 11.9 Å². The van der Waals surface area contributed by atoms with Gasteiger partial charge >= 0.3 is 6.09 Å². The Balaban J connectivity index is 1.72. The Hall–Kier alpha value is -2.99. The fraction of sp³-hybridized carbons (Fsp3) is 0.333. The number of nitrogens with zero attached hydrogens (tertiary/aromatic N) is 1. The van der Waals surface area contributed by atoms with Gasteiger partial charge < -0.3 is 19.9 Å². The van der Waals surface area contributed by atoms with Gasteiger partial charge in [-0.05, 0) is 57.0 Å². The minimum Gasteiger partial charge on any atom is -0.444 e. The second-order valence-electron chi connectivity index (χ2n) is 8.38. The molecule has 0 unspecified atom stereocenters. The van der Waals surface area contributed by atoms with Gasteiger partial charge in [0.25, 0.3) is 0 Å². The lowest BCUT2D eigenvalue weighted by Gasteiger charge is -2.27. The van der Waals surface area contributed by atoms with Crippen LogP contribution in [0.5, 0.6) is 0 Å². The van der Waals surface area contributed by atoms with Crippen molar-refractivity contribution < 1.29 is 14.3 Å². The summed E-state index contributed by atoms with van der Waals surface area (Å²) in [5.41, 5.74) is 2.74. The molecule has 1 aromatic heterocycles. The van der Waals surface area contributed by atoms with Crippen molar-refractivity contribution >= 4 is 40.2 Å². The molecule has 0 atom stereocenters. The molecule has 0 saturated heterocycles. The van der Waals surface area contributed by atoms with Crippen LogP contribution in [0.4, 0.5) is 10.5 Å². The third-order valence-electron chi connectivity index (χ3n) is 4.77. The number of aromatic amines is 1. The number of carbonyl (C=O) groups excluding carboxylic acids is 2. The number of halogens is 1. The normalized spacial score (nSPS) is 11.4. The SMILES string of the molecule is CCN(Cc1ccccc1NC(=O)Cc1c[nH]c2cc(Cl)ccc12)C(=O)OC(C)(C)C. The molecule has 2 N–H and O–H groups in total. The van der Waals surface area contributed by atoms with E-state index in [0.717, 1.165) is 22.0 Å². The molecule has 3 rings (SSSR count). The number of anilines is 1. The van der Waals surface area contributed by atoms with E-state index in [1.165, 1.54) is 0 Å². The Morgan fingerprint density at radius 2 is 1.87 bits per heavy atom. The first-order chi connectivity index (χ1) is 14.7. The summed E-state index contributed by atoms with van der Waals surface area (Å²) < 4.78 is 5.49. The Morgan fingerprint density at radius 3 is 2.58 bits per heavy atom. The smallest absolute Gasteiger partial charge is 0.410 e. The van der Waals surface area contributed by atoms with E-state index in [9.17, 15) is 9.59 Å². The topological polar surface area (TPSA) is 74.4 Å². The van der Waals surface area contributed by atoms with Gasteiger partial charge in [0.05, 0.1) is 13.0 Å². The number of benzene rings is 2. The highest BCUT2D eigenvalue weighted by molar-refractivity contribution is 6.31. The minimum atomic E-state index is -0.568. The van der Waals surface area contributed by atoms with Gasteiger partial charge in [-0.1, -0.05) is 35.9 Å². The molecule has 0 fully saturated rings. The summed E-state index contributed by atoms with van der Waals surface area (Å²) in [6.07, 6.45) is 1.67. The number of fused-ring (bicyclic) bond motifs is 1. The molecule has 0 spiro atoms. The van der Waals surface area contributed by atoms with Crippen LogP contribution in [0, 0.1) is 0 Å². The zero-order valence-corrected chi connectivity index (χ0v) is 19.0. The number of aromatic nitrogens is 1. The molecule has 7 heteroatoms. The largest absolute Gasteiger partial charge is 0.444 e. The summed E-state index contributed by atoms with van der Waals surface area (Å²) in [7, 11) is 0. The molecular weight excluding hydrogens is 414 g/mol. The van der Waals surface area contributed by atoms with E-state index >= 15 is 0 Å². The van der Waals surface area contributed by atoms with Gasteiger partial charge in [0.15, 0.2) is 0 Å². The highest BCUT2D eigenvalue weighted by Crippen LogP contribution is 2.24. The summed E-state index contributed by atoms with van der Waals surface area (Å²) in [6, 6.07) is 13.0. The van der Waals surface area contributed by atoms with Gasteiger partial charge in [-0.15, -0.1) is 0 Å². The second kappa shape index (κ2) is 9.43. The monoisotopic (exact) mass is 441 g/mol. The molecule has 0 bridgehead atoms. The number of carbonyl (C=O) groups is 2. The number of nitrogens with one attached hydrogen (secondary N) is 2. The molecule has 1 heterocycles. The Bertz CT molecular complexity index is 1090. The highest BCUT2D eigenvalue weighted by atomic mass is 35.5. The lowest BCUT2D eigenvalue weighted by molar-refractivity contribution is -0.115. The maximum Gasteiger partial charge on any atom is 0.410 e. The van der Waals surface area contributed by atoms with Crippen LogP contribution in [0.3, 0.4) is 0 Å². The molecule has 2 aromatic carbocycles. The summed E-state index contributed by atoms with van der Waals surface area (Å²) in [5.74, 6) is -0.136. The number of ether oxygens (including phenoxy) is 1. The second-order valence-corrected chi connectivity index (χ2v) is 8.82. The van der Waals surface area contributed by atoms with Crippen molar-refractivity contribution in [2.24, 2.45) is 0 Å². The minimum absolute atomic E-state index is 0.136. The van der Waals surface area contributed by atoms with E-state index in [4.69, 9.17) is 16.3 Å². The average Bonchev–Trinajstić information content (AvgIpc) is 3.07. The number of hydrogen-bond donors (Lipinski definition) is 2. The number of hydrogen-bond acceptors (Lipinski definition) is 3. The van der Waals surface area contributed by atoms with E-state index in [-0.39, 0.29) is 18.4 Å². The molecule has 0 saturated carbocycles. The molecule has 0 aliphatic heterocycles. The average molecular weight is 442 g/mol. The molecule has 164 valence electrons. The first-order valence-corrected chi connectivity index (χ1v) is 10.7. The lowest BCUT2D eigenvalue weighted by atomic mass is 10.1. The van der Waals surface area contributed by atoms with E-state index in [2.05, 4.69) is 10.3 Å². The Kier molecular flexibility index (Phi) is 6.91. The van der Waals surface area contributed by atoms with Crippen LogP contribution in [-0.4, -0.2) is 34.0 Å². The van der Waals surface area contributed by atoms with Crippen molar-refractivity contribution in [2.45, 2.75) is 46.3 Å². The van der Waals surface area contributed by atoms with Crippen LogP contribution >= 0.6 is 11.6 Å². The highest BCUT2D eigenvalue weighted by Gasteiger charge is 2.22. The first kappa shape index (κ1) is 22.7. The fourth-order valence-electron chi connectivity index (χ4n) is 3.29. The van der Waals surface area contributed by atoms with Gasteiger partial charge in [0, 0.05) is 34.4 Å². The molecule has 0 aliphatic rings. The molecule has 3 aromatic rings. The molecule has 0 radical (unpaired) electrons. The third kappa shape index (κ3) is 6.01. The molecule has 2 amide bonds. The third-order valence-corrected chi connectivity index (χ3v) is 5.00. The standard InChI is InChI=1S/C24H28ClN3O3/c1-5-28(23(30)31-24(2,3)4)15-16-8-6-7-9-20(16)27-22(29)12-17-14-26-21-13-18(25)10-11-19(17)21/h6-11,13-14,26H,5,12,15H2,1-4H3,(H,27,29). The van der Waals surface area contributed by atoms with Crippen LogP contribution in [0.1, 0.15) is 38.8 Å². The van der Waals surface area contributed by atoms with Crippen LogP contribution < -0.4 is 5.32 Å². The van der Waals surface area contributed by atoms with Crippen molar-refractivity contribution in [3.8, 4) is 0 Å². The maximum atomic E-state index is 12.8. The van der Waals surface area contributed by atoms with E-state index in [1.54, 1.807) is 4.90 Å². The van der Waals surface area contributed by atoms with Gasteiger partial charge in [-0.25, -0.2) is 4.79 Å². The van der Waals surface area contributed by atoms with E-state index < -0.39 is 5.60 Å². The Morgan fingerprint density at radius 1 is 1.13 bits per heavy atom. The van der Waals surface area contributed by atoms with Crippen LogP contribution in [0.25, 0.3) is 10.9 Å². The summed E-state index contributed by atoms with van der Waals surface area (Å²) in [5, 5.41) is 4.59.